The van der Waals surface area contributed by atoms with E-state index in [4.69, 9.17) is 18.9 Å². The molecule has 32 heavy (non-hydrogen) atoms. The van der Waals surface area contributed by atoms with Crippen molar-refractivity contribution in [1.29, 1.82) is 0 Å². The van der Waals surface area contributed by atoms with Crippen molar-refractivity contribution >= 4 is 29.7 Å². The van der Waals surface area contributed by atoms with Crippen LogP contribution in [0.4, 0.5) is 4.39 Å². The molecule has 1 aliphatic heterocycles. The van der Waals surface area contributed by atoms with Gasteiger partial charge in [-0.2, -0.15) is 0 Å². The first-order valence-corrected chi connectivity index (χ1v) is 10.8. The Morgan fingerprint density at radius 3 is 2.19 bits per heavy atom. The van der Waals surface area contributed by atoms with E-state index in [2.05, 4.69) is 4.98 Å². The number of halogens is 1. The van der Waals surface area contributed by atoms with Gasteiger partial charge in [0.15, 0.2) is 29.6 Å². The minimum atomic E-state index is -1.10. The first-order chi connectivity index (χ1) is 15.2. The van der Waals surface area contributed by atoms with Gasteiger partial charge in [0.1, 0.15) is 11.4 Å². The first kappa shape index (κ1) is 23.5. The summed E-state index contributed by atoms with van der Waals surface area (Å²) in [6.07, 6.45) is -1.68. The number of ether oxygens (including phenoxy) is 4. The van der Waals surface area contributed by atoms with Crippen molar-refractivity contribution < 1.29 is 37.7 Å². The summed E-state index contributed by atoms with van der Waals surface area (Å²) < 4.78 is 36.5. The highest BCUT2D eigenvalue weighted by molar-refractivity contribution is 7.99. The molecule has 4 atom stereocenters. The highest BCUT2D eigenvalue weighted by Gasteiger charge is 2.47. The van der Waals surface area contributed by atoms with Gasteiger partial charge < -0.3 is 18.9 Å². The Morgan fingerprint density at radius 2 is 1.59 bits per heavy atom. The van der Waals surface area contributed by atoms with E-state index in [1.54, 1.807) is 24.3 Å². The summed E-state index contributed by atoms with van der Waals surface area (Å²) in [5, 5.41) is 0. The minimum absolute atomic E-state index is 0.101. The lowest BCUT2D eigenvalue weighted by molar-refractivity contribution is -0.186. The van der Waals surface area contributed by atoms with Crippen molar-refractivity contribution in [1.82, 2.24) is 4.98 Å². The molecule has 10 heteroatoms. The molecular formula is C22H22FNO7S. The third kappa shape index (κ3) is 5.97. The third-order valence-corrected chi connectivity index (χ3v) is 5.63. The van der Waals surface area contributed by atoms with E-state index >= 15 is 0 Å². The van der Waals surface area contributed by atoms with Crippen LogP contribution in [0.2, 0.25) is 0 Å². The van der Waals surface area contributed by atoms with Gasteiger partial charge in [-0.15, -0.1) is 11.8 Å². The average Bonchev–Trinajstić information content (AvgIpc) is 2.72. The van der Waals surface area contributed by atoms with Crippen LogP contribution < -0.4 is 4.74 Å². The van der Waals surface area contributed by atoms with E-state index in [9.17, 15) is 18.8 Å². The van der Waals surface area contributed by atoms with Crippen LogP contribution in [0.25, 0.3) is 11.3 Å². The normalized spacial score (nSPS) is 22.5. The molecule has 0 saturated carbocycles. The molecule has 2 heterocycles. The number of aromatic nitrogens is 1. The van der Waals surface area contributed by atoms with Crippen molar-refractivity contribution in [3.8, 4) is 17.0 Å². The number of benzene rings is 1. The Bertz CT molecular complexity index is 987. The smallest absolute Gasteiger partial charge is 0.303 e. The average molecular weight is 463 g/mol. The van der Waals surface area contributed by atoms with Crippen molar-refractivity contribution in [2.45, 2.75) is 44.5 Å². The predicted octanol–water partition coefficient (Wildman–Crippen LogP) is 3.13. The molecule has 1 saturated heterocycles. The summed E-state index contributed by atoms with van der Waals surface area (Å²) in [6.45, 7) is 3.61. The molecule has 1 fully saturated rings. The zero-order valence-electron chi connectivity index (χ0n) is 17.6. The molecule has 1 unspecified atom stereocenters. The molecule has 3 rings (SSSR count). The van der Waals surface area contributed by atoms with E-state index in [-0.39, 0.29) is 17.2 Å². The second-order valence-corrected chi connectivity index (χ2v) is 8.11. The molecule has 0 N–H and O–H groups in total. The second kappa shape index (κ2) is 10.4. The summed E-state index contributed by atoms with van der Waals surface area (Å²) in [5.74, 6) is -2.14. The molecule has 8 nitrogen and oxygen atoms in total. The van der Waals surface area contributed by atoms with Crippen molar-refractivity contribution in [2.24, 2.45) is 0 Å². The van der Waals surface area contributed by atoms with Crippen LogP contribution in [0.1, 0.15) is 20.8 Å². The standard InChI is InChI=1S/C22H22FNO7S/c1-12(25)28-18-11-32-22(21(30-14(3)27)20(18)29-13(2)26)31-16-9-17(23)19(24-10-16)15-7-5-4-6-8-15/h4-10,18,20-22H,11H2,1-3H3/t18-,20+,21-,22?/m1/s1. The molecule has 170 valence electrons. The quantitative estimate of drug-likeness (QED) is 0.472. The summed E-state index contributed by atoms with van der Waals surface area (Å²) in [5.41, 5.74) is -0.0853. The molecule has 0 spiro atoms. The zero-order valence-corrected chi connectivity index (χ0v) is 18.5. The molecule has 0 aliphatic carbocycles. The fraction of sp³-hybridized carbons (Fsp3) is 0.364. The van der Waals surface area contributed by atoms with Crippen molar-refractivity contribution in [3.05, 3.63) is 48.4 Å². The number of carbonyl (C=O) groups is 3. The monoisotopic (exact) mass is 463 g/mol. The molecule has 1 aromatic carbocycles. The summed E-state index contributed by atoms with van der Waals surface area (Å²) in [4.78, 5) is 39.0. The number of rotatable bonds is 6. The Labute approximate surface area is 188 Å². The highest BCUT2D eigenvalue weighted by atomic mass is 32.2. The molecule has 2 aromatic rings. The van der Waals surface area contributed by atoms with Crippen LogP contribution in [-0.2, 0) is 28.6 Å². The van der Waals surface area contributed by atoms with E-state index in [1.807, 2.05) is 6.07 Å². The third-order valence-electron chi connectivity index (χ3n) is 4.42. The molecule has 0 amide bonds. The van der Waals surface area contributed by atoms with Crippen LogP contribution in [0, 0.1) is 5.82 Å². The van der Waals surface area contributed by atoms with Crippen LogP contribution in [-0.4, -0.2) is 52.4 Å². The molecule has 0 radical (unpaired) electrons. The van der Waals surface area contributed by atoms with Gasteiger partial charge in [0, 0.05) is 38.2 Å². The number of hydrogen-bond acceptors (Lipinski definition) is 9. The lowest BCUT2D eigenvalue weighted by Crippen LogP contribution is -2.55. The maximum atomic E-state index is 14.7. The summed E-state index contributed by atoms with van der Waals surface area (Å²) in [7, 11) is 0. The Hall–Kier alpha value is -3.14. The van der Waals surface area contributed by atoms with Crippen LogP contribution in [0.3, 0.4) is 0 Å². The fourth-order valence-corrected chi connectivity index (χ4v) is 4.45. The Morgan fingerprint density at radius 1 is 0.969 bits per heavy atom. The lowest BCUT2D eigenvalue weighted by atomic mass is 10.1. The van der Waals surface area contributed by atoms with Gasteiger partial charge in [-0.25, -0.2) is 9.37 Å². The summed E-state index contributed by atoms with van der Waals surface area (Å²) in [6, 6.07) is 10.0. The number of esters is 3. The molecule has 1 aliphatic rings. The van der Waals surface area contributed by atoms with Gasteiger partial charge in [-0.3, -0.25) is 14.4 Å². The van der Waals surface area contributed by atoms with E-state index < -0.39 is 47.5 Å². The number of hydrogen-bond donors (Lipinski definition) is 0. The maximum Gasteiger partial charge on any atom is 0.303 e. The van der Waals surface area contributed by atoms with Crippen LogP contribution in [0.5, 0.6) is 5.75 Å². The molecule has 1 aromatic heterocycles. The minimum Gasteiger partial charge on any atom is -0.474 e. The lowest BCUT2D eigenvalue weighted by Gasteiger charge is -2.39. The van der Waals surface area contributed by atoms with Gasteiger partial charge in [0.2, 0.25) is 0 Å². The highest BCUT2D eigenvalue weighted by Crippen LogP contribution is 2.35. The zero-order chi connectivity index (χ0) is 23.3. The molecule has 0 bridgehead atoms. The first-order valence-electron chi connectivity index (χ1n) is 9.75. The van der Waals surface area contributed by atoms with Crippen molar-refractivity contribution in [2.75, 3.05) is 5.75 Å². The van der Waals surface area contributed by atoms with Crippen molar-refractivity contribution in [3.63, 3.8) is 0 Å². The molecular weight excluding hydrogens is 441 g/mol. The van der Waals surface area contributed by atoms with Crippen LogP contribution in [0.15, 0.2) is 42.6 Å². The number of pyridine rings is 1. The fourth-order valence-electron chi connectivity index (χ4n) is 3.24. The number of nitrogens with zero attached hydrogens (tertiary/aromatic N) is 1. The van der Waals surface area contributed by atoms with Gasteiger partial charge >= 0.3 is 17.9 Å². The number of carbonyl (C=O) groups excluding carboxylic acids is 3. The van der Waals surface area contributed by atoms with E-state index in [1.165, 1.54) is 44.8 Å². The van der Waals surface area contributed by atoms with Crippen LogP contribution >= 0.6 is 11.8 Å². The van der Waals surface area contributed by atoms with Gasteiger partial charge in [-0.05, 0) is 0 Å². The van der Waals surface area contributed by atoms with E-state index in [0.29, 0.717) is 5.56 Å². The Kier molecular flexibility index (Phi) is 7.68. The largest absolute Gasteiger partial charge is 0.474 e. The SMILES string of the molecule is CC(=O)O[C@H]1[C@H](OC(C)=O)CSC(Oc2cnc(-c3ccccc3)c(F)c2)[C@@H]1OC(C)=O. The summed E-state index contributed by atoms with van der Waals surface area (Å²) >= 11 is 1.18. The maximum absolute atomic E-state index is 14.7. The number of thioether (sulfide) groups is 1. The topological polar surface area (TPSA) is 101 Å². The van der Waals surface area contributed by atoms with Gasteiger partial charge in [0.05, 0.1) is 6.20 Å². The predicted molar refractivity (Wildman–Crippen MR) is 113 cm³/mol. The second-order valence-electron chi connectivity index (χ2n) is 6.98. The van der Waals surface area contributed by atoms with Gasteiger partial charge in [0.25, 0.3) is 0 Å². The Balaban J connectivity index is 1.85. The van der Waals surface area contributed by atoms with Gasteiger partial charge in [-0.1, -0.05) is 30.3 Å². The van der Waals surface area contributed by atoms with E-state index in [0.717, 1.165) is 0 Å².